The lowest BCUT2D eigenvalue weighted by atomic mass is 10.0. The van der Waals surface area contributed by atoms with Crippen LogP contribution in [-0.4, -0.2) is 9.78 Å². The van der Waals surface area contributed by atoms with Crippen molar-refractivity contribution in [1.29, 1.82) is 0 Å². The summed E-state index contributed by atoms with van der Waals surface area (Å²) < 4.78 is 1.86. The maximum absolute atomic E-state index is 4.07. The molecule has 1 aromatic heterocycles. The van der Waals surface area contributed by atoms with Gasteiger partial charge in [0.25, 0.3) is 0 Å². The lowest BCUT2D eigenvalue weighted by Gasteiger charge is -2.09. The van der Waals surface area contributed by atoms with E-state index in [0.29, 0.717) is 0 Å². The van der Waals surface area contributed by atoms with E-state index in [9.17, 15) is 0 Å². The van der Waals surface area contributed by atoms with Crippen LogP contribution in [0.4, 0.5) is 0 Å². The zero-order chi connectivity index (χ0) is 10.1. The van der Waals surface area contributed by atoms with Crippen molar-refractivity contribution in [3.8, 4) is 11.3 Å². The second-order valence-corrected chi connectivity index (χ2v) is 3.55. The van der Waals surface area contributed by atoms with E-state index < -0.39 is 0 Å². The van der Waals surface area contributed by atoms with Crippen LogP contribution in [0.3, 0.4) is 0 Å². The van der Waals surface area contributed by atoms with Gasteiger partial charge in [-0.3, -0.25) is 4.68 Å². The molecule has 14 heavy (non-hydrogen) atoms. The van der Waals surface area contributed by atoms with Crippen LogP contribution < -0.4 is 0 Å². The second kappa shape index (κ2) is 3.29. The van der Waals surface area contributed by atoms with Gasteiger partial charge in [0.15, 0.2) is 0 Å². The van der Waals surface area contributed by atoms with Crippen molar-refractivity contribution in [3.05, 3.63) is 41.6 Å². The first kappa shape index (κ1) is 9.00. The standard InChI is InChI=1S/C12H13N2/c1-9-5-4-6-10(2)12(9)11-7-8-13-14(11)3/h4-7H,1-3H3. The summed E-state index contributed by atoms with van der Waals surface area (Å²) in [6.07, 6.45) is 2.86. The molecule has 0 aliphatic heterocycles. The first-order valence-corrected chi connectivity index (χ1v) is 4.67. The van der Waals surface area contributed by atoms with Crippen molar-refractivity contribution >= 4 is 0 Å². The molecule has 2 aromatic rings. The third kappa shape index (κ3) is 1.33. The molecule has 0 aliphatic rings. The van der Waals surface area contributed by atoms with Crippen LogP contribution in [0.1, 0.15) is 11.1 Å². The Labute approximate surface area is 84.2 Å². The number of rotatable bonds is 1. The minimum absolute atomic E-state index is 1.13. The highest BCUT2D eigenvalue weighted by molar-refractivity contribution is 5.67. The Morgan fingerprint density at radius 1 is 1.21 bits per heavy atom. The number of benzene rings is 1. The predicted molar refractivity (Wildman–Crippen MR) is 57.0 cm³/mol. The molecular formula is C12H13N2. The highest BCUT2D eigenvalue weighted by Crippen LogP contribution is 2.25. The Bertz CT molecular complexity index is 435. The van der Waals surface area contributed by atoms with Gasteiger partial charge in [-0.05, 0) is 31.0 Å². The number of hydrogen-bond acceptors (Lipinski definition) is 1. The van der Waals surface area contributed by atoms with Crippen LogP contribution in [0.25, 0.3) is 11.3 Å². The van der Waals surface area contributed by atoms with E-state index in [1.165, 1.54) is 16.7 Å². The number of nitrogens with zero attached hydrogens (tertiary/aromatic N) is 2. The van der Waals surface area contributed by atoms with Gasteiger partial charge >= 0.3 is 0 Å². The monoisotopic (exact) mass is 185 g/mol. The number of aryl methyl sites for hydroxylation is 3. The number of hydrogen-bond donors (Lipinski definition) is 0. The molecule has 0 atom stereocenters. The average Bonchev–Trinajstić information content (AvgIpc) is 2.52. The summed E-state index contributed by atoms with van der Waals surface area (Å²) in [6, 6.07) is 8.24. The molecule has 0 aliphatic carbocycles. The molecule has 0 N–H and O–H groups in total. The lowest BCUT2D eigenvalue weighted by Crippen LogP contribution is -1.96. The van der Waals surface area contributed by atoms with Gasteiger partial charge in [-0.15, -0.1) is 0 Å². The van der Waals surface area contributed by atoms with Gasteiger partial charge < -0.3 is 0 Å². The molecule has 0 amide bonds. The molecule has 1 radical (unpaired) electrons. The Morgan fingerprint density at radius 3 is 2.36 bits per heavy atom. The SMILES string of the molecule is Cc1cccc(C)c1-c1c[c]nn1C. The molecule has 0 saturated carbocycles. The van der Waals surface area contributed by atoms with E-state index in [-0.39, 0.29) is 0 Å². The topological polar surface area (TPSA) is 17.8 Å². The fraction of sp³-hybridized carbons (Fsp3) is 0.250. The van der Waals surface area contributed by atoms with Crippen LogP contribution >= 0.6 is 0 Å². The minimum atomic E-state index is 1.13. The first-order chi connectivity index (χ1) is 6.70. The largest absolute Gasteiger partial charge is 0.267 e. The van der Waals surface area contributed by atoms with Gasteiger partial charge in [-0.2, -0.15) is 5.10 Å². The minimum Gasteiger partial charge on any atom is -0.267 e. The van der Waals surface area contributed by atoms with Crippen molar-refractivity contribution < 1.29 is 0 Å². The zero-order valence-electron chi connectivity index (χ0n) is 8.70. The Balaban J connectivity index is 2.68. The van der Waals surface area contributed by atoms with Crippen LogP contribution in [0, 0.1) is 20.0 Å². The van der Waals surface area contributed by atoms with Gasteiger partial charge in [0, 0.05) is 12.6 Å². The van der Waals surface area contributed by atoms with Crippen molar-refractivity contribution in [2.24, 2.45) is 7.05 Å². The van der Waals surface area contributed by atoms with E-state index in [1.54, 1.807) is 0 Å². The lowest BCUT2D eigenvalue weighted by molar-refractivity contribution is 0.772. The van der Waals surface area contributed by atoms with Crippen molar-refractivity contribution in [2.75, 3.05) is 0 Å². The van der Waals surface area contributed by atoms with E-state index >= 15 is 0 Å². The molecule has 71 valence electrons. The molecule has 1 heterocycles. The highest BCUT2D eigenvalue weighted by atomic mass is 15.3. The van der Waals surface area contributed by atoms with Crippen LogP contribution in [-0.2, 0) is 7.05 Å². The van der Waals surface area contributed by atoms with Gasteiger partial charge in [-0.25, -0.2) is 0 Å². The van der Waals surface area contributed by atoms with Gasteiger partial charge in [-0.1, -0.05) is 18.2 Å². The molecule has 0 saturated heterocycles. The van der Waals surface area contributed by atoms with E-state index in [2.05, 4.69) is 43.3 Å². The molecular weight excluding hydrogens is 172 g/mol. The maximum Gasteiger partial charge on any atom is 0.113 e. The van der Waals surface area contributed by atoms with Gasteiger partial charge in [0.2, 0.25) is 0 Å². The van der Waals surface area contributed by atoms with E-state index in [4.69, 9.17) is 0 Å². The summed E-state index contributed by atoms with van der Waals surface area (Å²) in [5, 5.41) is 4.07. The smallest absolute Gasteiger partial charge is 0.113 e. The van der Waals surface area contributed by atoms with E-state index in [0.717, 1.165) is 5.69 Å². The predicted octanol–water partition coefficient (Wildman–Crippen LogP) is 2.50. The summed E-state index contributed by atoms with van der Waals surface area (Å²) in [4.78, 5) is 0. The fourth-order valence-electron chi connectivity index (χ4n) is 1.78. The Hall–Kier alpha value is -1.57. The Morgan fingerprint density at radius 2 is 1.86 bits per heavy atom. The zero-order valence-corrected chi connectivity index (χ0v) is 8.70. The van der Waals surface area contributed by atoms with Crippen LogP contribution in [0.2, 0.25) is 0 Å². The van der Waals surface area contributed by atoms with Crippen molar-refractivity contribution in [2.45, 2.75) is 13.8 Å². The normalized spacial score (nSPS) is 10.5. The van der Waals surface area contributed by atoms with Crippen LogP contribution in [0.15, 0.2) is 24.3 Å². The maximum atomic E-state index is 4.07. The highest BCUT2D eigenvalue weighted by Gasteiger charge is 2.07. The van der Waals surface area contributed by atoms with Crippen LogP contribution in [0.5, 0.6) is 0 Å². The second-order valence-electron chi connectivity index (χ2n) is 3.55. The van der Waals surface area contributed by atoms with Crippen molar-refractivity contribution in [1.82, 2.24) is 9.78 Å². The van der Waals surface area contributed by atoms with Gasteiger partial charge in [0.05, 0.1) is 5.69 Å². The molecule has 0 fully saturated rings. The molecule has 2 heteroatoms. The molecule has 0 bridgehead atoms. The fourth-order valence-corrected chi connectivity index (χ4v) is 1.78. The summed E-state index contributed by atoms with van der Waals surface area (Å²) >= 11 is 0. The van der Waals surface area contributed by atoms with Crippen molar-refractivity contribution in [3.63, 3.8) is 0 Å². The molecule has 2 rings (SSSR count). The summed E-state index contributed by atoms with van der Waals surface area (Å²) in [5.74, 6) is 0. The molecule has 0 unspecified atom stereocenters. The average molecular weight is 185 g/mol. The Kier molecular flexibility index (Phi) is 2.12. The molecule has 0 spiro atoms. The summed E-state index contributed by atoms with van der Waals surface area (Å²) in [6.45, 7) is 4.24. The first-order valence-electron chi connectivity index (χ1n) is 4.67. The number of aromatic nitrogens is 2. The third-order valence-corrected chi connectivity index (χ3v) is 2.49. The van der Waals surface area contributed by atoms with E-state index in [1.807, 2.05) is 17.8 Å². The quantitative estimate of drug-likeness (QED) is 0.667. The summed E-state index contributed by atoms with van der Waals surface area (Å²) in [7, 11) is 1.94. The third-order valence-electron chi connectivity index (χ3n) is 2.49. The molecule has 2 nitrogen and oxygen atoms in total. The molecule has 1 aromatic carbocycles. The summed E-state index contributed by atoms with van der Waals surface area (Å²) in [5.41, 5.74) is 4.95. The van der Waals surface area contributed by atoms with Gasteiger partial charge in [0.1, 0.15) is 6.20 Å².